The van der Waals surface area contributed by atoms with Gasteiger partial charge >= 0.3 is 0 Å². The van der Waals surface area contributed by atoms with Gasteiger partial charge in [0.1, 0.15) is 11.2 Å². The minimum atomic E-state index is -0.494. The van der Waals surface area contributed by atoms with Gasteiger partial charge in [0.15, 0.2) is 0 Å². The van der Waals surface area contributed by atoms with Crippen molar-refractivity contribution in [2.75, 3.05) is 4.90 Å². The lowest BCUT2D eigenvalue weighted by atomic mass is 9.69. The Morgan fingerprint density at radius 2 is 0.912 bits per heavy atom. The van der Waals surface area contributed by atoms with Crippen molar-refractivity contribution in [3.63, 3.8) is 0 Å². The van der Waals surface area contributed by atoms with Crippen molar-refractivity contribution < 1.29 is 4.42 Å². The van der Waals surface area contributed by atoms with Crippen LogP contribution < -0.4 is 4.90 Å². The van der Waals surface area contributed by atoms with Gasteiger partial charge in [0, 0.05) is 22.1 Å². The molecule has 0 saturated carbocycles. The molecule has 0 atom stereocenters. The minimum Gasteiger partial charge on any atom is -0.456 e. The molecule has 2 nitrogen and oxygen atoms in total. The van der Waals surface area contributed by atoms with Gasteiger partial charge in [-0.05, 0) is 131 Å². The van der Waals surface area contributed by atoms with Crippen molar-refractivity contribution in [3.05, 3.63) is 233 Å². The highest BCUT2D eigenvalue weighted by molar-refractivity contribution is 6.14. The summed E-state index contributed by atoms with van der Waals surface area (Å²) in [4.78, 5) is 2.52. The molecule has 2 heteroatoms. The zero-order valence-corrected chi connectivity index (χ0v) is 40.3. The lowest BCUT2D eigenvalue weighted by molar-refractivity contribution is 0.586. The van der Waals surface area contributed by atoms with Gasteiger partial charge in [-0.2, -0.15) is 0 Å². The summed E-state index contributed by atoms with van der Waals surface area (Å²) in [6.45, 7) is 18.8. The zero-order chi connectivity index (χ0) is 46.5. The topological polar surface area (TPSA) is 16.4 Å². The van der Waals surface area contributed by atoms with Crippen LogP contribution in [0, 0.1) is 0 Å². The van der Waals surface area contributed by atoms with E-state index in [4.69, 9.17) is 4.42 Å². The highest BCUT2D eigenvalue weighted by atomic mass is 16.3. The van der Waals surface area contributed by atoms with E-state index < -0.39 is 5.41 Å². The molecule has 0 bridgehead atoms. The Kier molecular flexibility index (Phi) is 8.44. The molecule has 0 radical (unpaired) electrons. The largest absolute Gasteiger partial charge is 0.456 e. The summed E-state index contributed by atoms with van der Waals surface area (Å²) in [7, 11) is 0. The van der Waals surface area contributed by atoms with Gasteiger partial charge in [-0.15, -0.1) is 0 Å². The SMILES string of the molecule is CC(C)(C)c1ccc2c(c1)C1(c3ccccc3-c3cc(N(c4ccccc4-c4cccc5c4-c4ccccc4C5(C)C)c4cccc5oc6ccccc6c45)ccc31)c1cc(C(C)(C)C)ccc1-2. The number of para-hydroxylation sites is 2. The van der Waals surface area contributed by atoms with Gasteiger partial charge in [0.05, 0.1) is 22.2 Å². The summed E-state index contributed by atoms with van der Waals surface area (Å²) in [6.07, 6.45) is 0. The van der Waals surface area contributed by atoms with Gasteiger partial charge in [-0.3, -0.25) is 0 Å². The standard InChI is InChI=1S/C66H55NO/c1-63(2,3)40-31-34-44-45-35-32-41(64(4,5)6)38-56(45)66(55(44)37-40)52-25-14-9-19-43(52)50-39-42(33-36-53(50)66)67(58-28-18-30-60-62(58)49-22-12-16-29-59(49)68-60)57-27-15-11-20-46(57)47-23-17-26-54-61(47)48-21-10-13-24-51(48)65(54,7)8/h9-39H,1-8H3. The molecule has 9 aromatic carbocycles. The van der Waals surface area contributed by atoms with E-state index in [-0.39, 0.29) is 16.2 Å². The zero-order valence-electron chi connectivity index (χ0n) is 40.3. The number of rotatable bonds is 4. The Balaban J connectivity index is 1.11. The number of fused-ring (bicyclic) bond motifs is 16. The minimum absolute atomic E-state index is 0.0186. The molecule has 68 heavy (non-hydrogen) atoms. The van der Waals surface area contributed by atoms with Crippen LogP contribution in [-0.2, 0) is 21.7 Å². The molecule has 1 aromatic heterocycles. The third-order valence-electron chi connectivity index (χ3n) is 15.8. The lowest BCUT2D eigenvalue weighted by Crippen LogP contribution is -2.27. The van der Waals surface area contributed by atoms with Crippen LogP contribution >= 0.6 is 0 Å². The van der Waals surface area contributed by atoms with Crippen LogP contribution in [0.15, 0.2) is 192 Å². The lowest BCUT2D eigenvalue weighted by Gasteiger charge is -2.33. The van der Waals surface area contributed by atoms with Crippen molar-refractivity contribution in [1.82, 2.24) is 0 Å². The Hall–Kier alpha value is -7.42. The molecule has 0 fully saturated rings. The Morgan fingerprint density at radius 3 is 1.63 bits per heavy atom. The Bertz CT molecular complexity index is 3690. The van der Waals surface area contributed by atoms with Gasteiger partial charge in [0.25, 0.3) is 0 Å². The van der Waals surface area contributed by atoms with Crippen LogP contribution in [0.3, 0.4) is 0 Å². The van der Waals surface area contributed by atoms with Crippen molar-refractivity contribution >= 4 is 39.0 Å². The summed E-state index contributed by atoms with van der Waals surface area (Å²) in [5.74, 6) is 0. The monoisotopic (exact) mass is 877 g/mol. The molecule has 0 amide bonds. The third kappa shape index (κ3) is 5.52. The normalized spacial score (nSPS) is 14.7. The fourth-order valence-corrected chi connectivity index (χ4v) is 12.5. The molecule has 330 valence electrons. The molecule has 0 N–H and O–H groups in total. The van der Waals surface area contributed by atoms with Gasteiger partial charge < -0.3 is 9.32 Å². The van der Waals surface area contributed by atoms with Gasteiger partial charge in [-0.1, -0.05) is 207 Å². The fourth-order valence-electron chi connectivity index (χ4n) is 12.5. The number of hydrogen-bond donors (Lipinski definition) is 0. The highest BCUT2D eigenvalue weighted by Crippen LogP contribution is 2.64. The van der Waals surface area contributed by atoms with Crippen molar-refractivity contribution in [2.24, 2.45) is 0 Å². The number of anilines is 3. The van der Waals surface area contributed by atoms with Crippen LogP contribution in [0.1, 0.15) is 99.9 Å². The molecule has 3 aliphatic rings. The summed E-state index contributed by atoms with van der Waals surface area (Å²) >= 11 is 0. The summed E-state index contributed by atoms with van der Waals surface area (Å²) in [5.41, 5.74) is 25.5. The second kappa shape index (κ2) is 14.1. The summed E-state index contributed by atoms with van der Waals surface area (Å²) in [5, 5.41) is 2.20. The van der Waals surface area contributed by atoms with Crippen molar-refractivity contribution in [2.45, 2.75) is 77.0 Å². The third-order valence-corrected chi connectivity index (χ3v) is 15.8. The highest BCUT2D eigenvalue weighted by Gasteiger charge is 2.52. The molecule has 1 heterocycles. The van der Waals surface area contributed by atoms with E-state index in [1.807, 2.05) is 0 Å². The van der Waals surface area contributed by atoms with Crippen LogP contribution in [0.25, 0.3) is 66.4 Å². The first kappa shape index (κ1) is 40.8. The smallest absolute Gasteiger partial charge is 0.137 e. The van der Waals surface area contributed by atoms with E-state index >= 15 is 0 Å². The first-order chi connectivity index (χ1) is 32.8. The molecule has 13 rings (SSSR count). The fraction of sp³-hybridized carbons (Fsp3) is 0.182. The van der Waals surface area contributed by atoms with Crippen LogP contribution in [0.4, 0.5) is 17.1 Å². The maximum atomic E-state index is 6.64. The maximum Gasteiger partial charge on any atom is 0.137 e. The second-order valence-electron chi connectivity index (χ2n) is 22.0. The van der Waals surface area contributed by atoms with Crippen LogP contribution in [0.2, 0.25) is 0 Å². The first-order valence-corrected chi connectivity index (χ1v) is 24.3. The summed E-state index contributed by atoms with van der Waals surface area (Å²) < 4.78 is 6.64. The molecular weight excluding hydrogens is 823 g/mol. The average molecular weight is 878 g/mol. The number of hydrogen-bond acceptors (Lipinski definition) is 2. The van der Waals surface area contributed by atoms with E-state index in [1.165, 1.54) is 89.0 Å². The van der Waals surface area contributed by atoms with E-state index in [0.717, 1.165) is 39.0 Å². The maximum absolute atomic E-state index is 6.64. The van der Waals surface area contributed by atoms with E-state index in [0.29, 0.717) is 0 Å². The van der Waals surface area contributed by atoms with Gasteiger partial charge in [-0.25, -0.2) is 0 Å². The number of benzene rings is 9. The molecule has 10 aromatic rings. The second-order valence-corrected chi connectivity index (χ2v) is 22.0. The van der Waals surface area contributed by atoms with Crippen molar-refractivity contribution in [3.8, 4) is 44.5 Å². The van der Waals surface area contributed by atoms with Crippen molar-refractivity contribution in [1.29, 1.82) is 0 Å². The number of nitrogens with zero attached hydrogens (tertiary/aromatic N) is 1. The van der Waals surface area contributed by atoms with E-state index in [1.54, 1.807) is 0 Å². The van der Waals surface area contributed by atoms with Crippen LogP contribution in [0.5, 0.6) is 0 Å². The summed E-state index contributed by atoms with van der Waals surface area (Å²) in [6, 6.07) is 71.2. The Labute approximate surface area is 400 Å². The number of furan rings is 1. The molecule has 3 aliphatic carbocycles. The predicted octanol–water partition coefficient (Wildman–Crippen LogP) is 18.0. The van der Waals surface area contributed by atoms with E-state index in [9.17, 15) is 0 Å². The predicted molar refractivity (Wildman–Crippen MR) is 285 cm³/mol. The van der Waals surface area contributed by atoms with Gasteiger partial charge in [0.2, 0.25) is 0 Å². The molecule has 0 saturated heterocycles. The quantitative estimate of drug-likeness (QED) is 0.175. The molecular formula is C66H55NO. The van der Waals surface area contributed by atoms with Crippen LogP contribution in [-0.4, -0.2) is 0 Å². The molecule has 0 aliphatic heterocycles. The molecule has 0 unspecified atom stereocenters. The first-order valence-electron chi connectivity index (χ1n) is 24.3. The van der Waals surface area contributed by atoms with E-state index in [2.05, 4.69) is 248 Å². The average Bonchev–Trinajstić information content (AvgIpc) is 4.03. The Morgan fingerprint density at radius 1 is 0.382 bits per heavy atom. The molecule has 1 spiro atoms.